The maximum atomic E-state index is 12.8. The van der Waals surface area contributed by atoms with E-state index in [1.807, 2.05) is 12.1 Å². The van der Waals surface area contributed by atoms with Crippen LogP contribution < -0.4 is 5.32 Å². The van der Waals surface area contributed by atoms with E-state index in [0.717, 1.165) is 57.7 Å². The highest BCUT2D eigenvalue weighted by molar-refractivity contribution is 6.34. The van der Waals surface area contributed by atoms with Crippen molar-refractivity contribution < 1.29 is 4.79 Å². The summed E-state index contributed by atoms with van der Waals surface area (Å²) in [5.41, 5.74) is 1.10. The maximum Gasteiger partial charge on any atom is 0.226 e. The van der Waals surface area contributed by atoms with Gasteiger partial charge in [0.25, 0.3) is 0 Å². The number of carbonyl (C=O) groups is 1. The predicted molar refractivity (Wildman–Crippen MR) is 96.7 cm³/mol. The van der Waals surface area contributed by atoms with Crippen molar-refractivity contribution in [3.8, 4) is 0 Å². The molecule has 1 amide bonds. The number of nitrogens with zero attached hydrogens (tertiary/aromatic N) is 2. The monoisotopic (exact) mass is 367 g/mol. The van der Waals surface area contributed by atoms with Crippen molar-refractivity contribution in [1.82, 2.24) is 15.1 Å². The van der Waals surface area contributed by atoms with Gasteiger partial charge < -0.3 is 10.2 Å². The fourth-order valence-corrected chi connectivity index (χ4v) is 4.69. The van der Waals surface area contributed by atoms with E-state index in [1.165, 1.54) is 0 Å². The van der Waals surface area contributed by atoms with Crippen molar-refractivity contribution in [2.45, 2.75) is 24.8 Å². The van der Waals surface area contributed by atoms with E-state index < -0.39 is 0 Å². The van der Waals surface area contributed by atoms with E-state index in [1.54, 1.807) is 6.07 Å². The number of rotatable bonds is 3. The lowest BCUT2D eigenvalue weighted by molar-refractivity contribution is -0.131. The summed E-state index contributed by atoms with van der Waals surface area (Å²) in [6.45, 7) is 6.10. The highest BCUT2D eigenvalue weighted by atomic mass is 35.5. The van der Waals surface area contributed by atoms with Crippen molar-refractivity contribution >= 4 is 29.1 Å². The number of amides is 1. The molecule has 3 unspecified atom stereocenters. The van der Waals surface area contributed by atoms with Gasteiger partial charge in [-0.3, -0.25) is 9.69 Å². The highest BCUT2D eigenvalue weighted by Crippen LogP contribution is 2.49. The molecule has 1 N–H and O–H groups in total. The van der Waals surface area contributed by atoms with E-state index in [2.05, 4.69) is 15.1 Å². The first kappa shape index (κ1) is 16.6. The minimum Gasteiger partial charge on any atom is -0.341 e. The van der Waals surface area contributed by atoms with Crippen LogP contribution >= 0.6 is 23.2 Å². The lowest BCUT2D eigenvalue weighted by Crippen LogP contribution is -2.49. The molecule has 24 heavy (non-hydrogen) atoms. The van der Waals surface area contributed by atoms with Crippen LogP contribution in [0.3, 0.4) is 0 Å². The molecular formula is C18H23Cl2N3O. The number of hydrogen-bond acceptors (Lipinski definition) is 3. The molecule has 2 saturated heterocycles. The largest absolute Gasteiger partial charge is 0.341 e. The molecule has 6 heteroatoms. The summed E-state index contributed by atoms with van der Waals surface area (Å²) < 4.78 is 0. The number of nitrogens with one attached hydrogen (secondary N) is 1. The topological polar surface area (TPSA) is 35.6 Å². The van der Waals surface area contributed by atoms with Crippen LogP contribution in [0, 0.1) is 5.92 Å². The van der Waals surface area contributed by atoms with Crippen LogP contribution in [0.1, 0.15) is 24.3 Å². The van der Waals surface area contributed by atoms with E-state index in [9.17, 15) is 4.79 Å². The van der Waals surface area contributed by atoms with Crippen molar-refractivity contribution in [2.75, 3.05) is 39.3 Å². The van der Waals surface area contributed by atoms with Gasteiger partial charge in [-0.05, 0) is 42.5 Å². The Morgan fingerprint density at radius 2 is 1.79 bits per heavy atom. The quantitative estimate of drug-likeness (QED) is 0.891. The lowest BCUT2D eigenvalue weighted by atomic mass is 10.1. The zero-order chi connectivity index (χ0) is 16.7. The second kappa shape index (κ2) is 6.83. The minimum atomic E-state index is 0.112. The number of piperazine rings is 1. The van der Waals surface area contributed by atoms with E-state index in [0.29, 0.717) is 22.0 Å². The number of hydrogen-bond donors (Lipinski definition) is 1. The van der Waals surface area contributed by atoms with E-state index in [-0.39, 0.29) is 11.8 Å². The molecule has 0 spiro atoms. The Hall–Kier alpha value is -0.810. The summed E-state index contributed by atoms with van der Waals surface area (Å²) in [5.74, 6) is 0.710. The van der Waals surface area contributed by atoms with E-state index in [4.69, 9.17) is 23.2 Å². The average molecular weight is 368 g/mol. The third kappa shape index (κ3) is 3.43. The molecule has 0 aromatic heterocycles. The van der Waals surface area contributed by atoms with Gasteiger partial charge in [0.2, 0.25) is 5.91 Å². The first-order valence-corrected chi connectivity index (χ1v) is 9.57. The van der Waals surface area contributed by atoms with Gasteiger partial charge >= 0.3 is 0 Å². The summed E-state index contributed by atoms with van der Waals surface area (Å²) in [6.07, 6.45) is 2.02. The molecule has 1 aliphatic carbocycles. The van der Waals surface area contributed by atoms with Gasteiger partial charge in [0.1, 0.15) is 0 Å². The van der Waals surface area contributed by atoms with Gasteiger partial charge in [-0.1, -0.05) is 23.2 Å². The summed E-state index contributed by atoms with van der Waals surface area (Å²) >= 11 is 12.2. The van der Waals surface area contributed by atoms with Crippen molar-refractivity contribution in [3.63, 3.8) is 0 Å². The standard InChI is InChI=1S/C18H23Cl2N3O/c19-13-7-12(8-14(20)9-13)16-10-17(16)18(24)23-4-1-15(11-23)22-5-2-21-3-6-22/h7-9,15-17,21H,1-6,10-11H2. The fraction of sp³-hybridized carbons (Fsp3) is 0.611. The van der Waals surface area contributed by atoms with Crippen LogP contribution in [0.5, 0.6) is 0 Å². The molecule has 3 aliphatic rings. The second-order valence-corrected chi connectivity index (χ2v) is 8.04. The molecule has 4 nitrogen and oxygen atoms in total. The minimum absolute atomic E-state index is 0.112. The zero-order valence-corrected chi connectivity index (χ0v) is 15.2. The molecule has 0 radical (unpaired) electrons. The Kier molecular flexibility index (Phi) is 4.74. The van der Waals surface area contributed by atoms with Gasteiger partial charge in [0, 0.05) is 61.3 Å². The Labute approximate surface area is 153 Å². The fourth-order valence-electron chi connectivity index (χ4n) is 4.15. The number of carbonyl (C=O) groups excluding carboxylic acids is 1. The molecule has 0 bridgehead atoms. The normalized spacial score (nSPS) is 30.6. The van der Waals surface area contributed by atoms with Crippen molar-refractivity contribution in [1.29, 1.82) is 0 Å². The van der Waals surface area contributed by atoms with Gasteiger partial charge in [-0.15, -0.1) is 0 Å². The molecule has 2 aliphatic heterocycles. The molecule has 4 rings (SSSR count). The summed E-state index contributed by atoms with van der Waals surface area (Å²) in [7, 11) is 0. The summed E-state index contributed by atoms with van der Waals surface area (Å²) in [5, 5.41) is 4.69. The molecule has 2 heterocycles. The number of likely N-dealkylation sites (tertiary alicyclic amines) is 1. The molecule has 1 aromatic rings. The smallest absolute Gasteiger partial charge is 0.226 e. The first-order valence-electron chi connectivity index (χ1n) is 8.81. The molecule has 3 fully saturated rings. The number of halogens is 2. The Morgan fingerprint density at radius 1 is 1.08 bits per heavy atom. The van der Waals surface area contributed by atoms with Gasteiger partial charge in [-0.2, -0.15) is 0 Å². The average Bonchev–Trinajstić information content (AvgIpc) is 3.22. The number of benzene rings is 1. The van der Waals surface area contributed by atoms with Gasteiger partial charge in [0.05, 0.1) is 0 Å². The van der Waals surface area contributed by atoms with Crippen LogP contribution in [0.25, 0.3) is 0 Å². The highest BCUT2D eigenvalue weighted by Gasteiger charge is 2.47. The molecular weight excluding hydrogens is 345 g/mol. The molecule has 1 aromatic carbocycles. The van der Waals surface area contributed by atoms with Crippen molar-refractivity contribution in [3.05, 3.63) is 33.8 Å². The van der Waals surface area contributed by atoms with E-state index >= 15 is 0 Å². The van der Waals surface area contributed by atoms with Crippen LogP contribution in [-0.4, -0.2) is 61.0 Å². The Morgan fingerprint density at radius 3 is 2.50 bits per heavy atom. The predicted octanol–water partition coefficient (Wildman–Crippen LogP) is 2.60. The third-order valence-electron chi connectivity index (χ3n) is 5.56. The summed E-state index contributed by atoms with van der Waals surface area (Å²) in [6, 6.07) is 6.16. The zero-order valence-electron chi connectivity index (χ0n) is 13.7. The Bertz CT molecular complexity index is 612. The second-order valence-electron chi connectivity index (χ2n) is 7.16. The van der Waals surface area contributed by atoms with Gasteiger partial charge in [0.15, 0.2) is 0 Å². The first-order chi connectivity index (χ1) is 11.6. The van der Waals surface area contributed by atoms with Crippen LogP contribution in [-0.2, 0) is 4.79 Å². The maximum absolute atomic E-state index is 12.8. The Balaban J connectivity index is 1.35. The van der Waals surface area contributed by atoms with Gasteiger partial charge in [-0.25, -0.2) is 0 Å². The third-order valence-corrected chi connectivity index (χ3v) is 6.00. The van der Waals surface area contributed by atoms with Crippen LogP contribution in [0.4, 0.5) is 0 Å². The van der Waals surface area contributed by atoms with Crippen LogP contribution in [0.2, 0.25) is 10.0 Å². The summed E-state index contributed by atoms with van der Waals surface area (Å²) in [4.78, 5) is 17.4. The van der Waals surface area contributed by atoms with Crippen LogP contribution in [0.15, 0.2) is 18.2 Å². The molecule has 3 atom stereocenters. The SMILES string of the molecule is O=C(C1CC1c1cc(Cl)cc(Cl)c1)N1CCC(N2CCNCC2)C1. The lowest BCUT2D eigenvalue weighted by Gasteiger charge is -2.32. The van der Waals surface area contributed by atoms with Crippen molar-refractivity contribution in [2.24, 2.45) is 5.92 Å². The molecule has 130 valence electrons. The molecule has 1 saturated carbocycles.